The van der Waals surface area contributed by atoms with Crippen molar-refractivity contribution in [2.45, 2.75) is 17.8 Å². The molecule has 0 heterocycles. The quantitative estimate of drug-likeness (QED) is 0.646. The van der Waals surface area contributed by atoms with E-state index in [4.69, 9.17) is 9.47 Å². The lowest BCUT2D eigenvalue weighted by Crippen LogP contribution is -2.48. The number of esters is 2. The smallest absolute Gasteiger partial charge is 0.328 e. The maximum atomic E-state index is 12.8. The standard InChI is InChI=1S/C19H18O4/c1-22-17(20)19(18(21)23-2)15-11-7-6-10-14(15)12-16(19)13-8-4-3-5-9-13/h3-11,16H,12H2,1-2H3. The molecule has 1 atom stereocenters. The Kier molecular flexibility index (Phi) is 3.90. The number of carbonyl (C=O) groups excluding carboxylic acids is 2. The molecule has 4 nitrogen and oxygen atoms in total. The second-order valence-electron chi connectivity index (χ2n) is 5.62. The van der Waals surface area contributed by atoms with E-state index in [1.165, 1.54) is 14.2 Å². The number of methoxy groups -OCH3 is 2. The van der Waals surface area contributed by atoms with Gasteiger partial charge < -0.3 is 9.47 Å². The van der Waals surface area contributed by atoms with E-state index in [0.717, 1.165) is 11.1 Å². The van der Waals surface area contributed by atoms with Gasteiger partial charge in [-0.05, 0) is 23.1 Å². The first-order chi connectivity index (χ1) is 11.2. The van der Waals surface area contributed by atoms with E-state index in [1.807, 2.05) is 54.6 Å². The zero-order chi connectivity index (χ0) is 16.4. The third kappa shape index (κ3) is 2.13. The second-order valence-corrected chi connectivity index (χ2v) is 5.62. The van der Waals surface area contributed by atoms with Crippen LogP contribution in [0.4, 0.5) is 0 Å². The van der Waals surface area contributed by atoms with Gasteiger partial charge in [-0.3, -0.25) is 9.59 Å². The van der Waals surface area contributed by atoms with Crippen molar-refractivity contribution in [1.82, 2.24) is 0 Å². The monoisotopic (exact) mass is 310 g/mol. The predicted octanol–water partition coefficient (Wildman–Crippen LogP) is 2.61. The summed E-state index contributed by atoms with van der Waals surface area (Å²) in [7, 11) is 2.60. The molecule has 23 heavy (non-hydrogen) atoms. The lowest BCUT2D eigenvalue weighted by atomic mass is 9.71. The molecule has 0 amide bonds. The molecule has 118 valence electrons. The Bertz CT molecular complexity index is 720. The van der Waals surface area contributed by atoms with Gasteiger partial charge in [0.1, 0.15) is 0 Å². The Morgan fingerprint density at radius 2 is 1.48 bits per heavy atom. The maximum Gasteiger partial charge on any atom is 0.328 e. The SMILES string of the molecule is COC(=O)C1(C(=O)OC)c2ccccc2CC1c1ccccc1. The van der Waals surface area contributed by atoms with Crippen molar-refractivity contribution in [3.63, 3.8) is 0 Å². The molecule has 1 aliphatic carbocycles. The van der Waals surface area contributed by atoms with Crippen LogP contribution in [0.25, 0.3) is 0 Å². The molecule has 1 aliphatic rings. The zero-order valence-electron chi connectivity index (χ0n) is 13.1. The molecule has 2 aromatic carbocycles. The summed E-state index contributed by atoms with van der Waals surface area (Å²) in [5, 5.41) is 0. The summed E-state index contributed by atoms with van der Waals surface area (Å²) in [6.45, 7) is 0. The number of hydrogen-bond donors (Lipinski definition) is 0. The van der Waals surface area contributed by atoms with E-state index in [-0.39, 0.29) is 5.92 Å². The summed E-state index contributed by atoms with van der Waals surface area (Å²) in [5.74, 6) is -1.51. The van der Waals surface area contributed by atoms with E-state index in [9.17, 15) is 9.59 Å². The highest BCUT2D eigenvalue weighted by Gasteiger charge is 2.60. The van der Waals surface area contributed by atoms with Gasteiger partial charge in [0, 0.05) is 5.92 Å². The molecular formula is C19H18O4. The number of benzene rings is 2. The van der Waals surface area contributed by atoms with Crippen LogP contribution in [0.2, 0.25) is 0 Å². The first-order valence-electron chi connectivity index (χ1n) is 7.46. The third-order valence-corrected chi connectivity index (χ3v) is 4.61. The van der Waals surface area contributed by atoms with Crippen molar-refractivity contribution in [3.8, 4) is 0 Å². The normalized spacial score (nSPS) is 18.1. The van der Waals surface area contributed by atoms with Crippen molar-refractivity contribution in [3.05, 3.63) is 71.3 Å². The van der Waals surface area contributed by atoms with Crippen LogP contribution in [-0.4, -0.2) is 26.2 Å². The Balaban J connectivity index is 2.28. The van der Waals surface area contributed by atoms with Gasteiger partial charge in [-0.1, -0.05) is 54.6 Å². The number of ether oxygens (including phenoxy) is 2. The molecule has 2 aromatic rings. The first-order valence-corrected chi connectivity index (χ1v) is 7.46. The van der Waals surface area contributed by atoms with Crippen LogP contribution in [0, 0.1) is 0 Å². The molecule has 0 fully saturated rings. The molecule has 0 spiro atoms. The Hall–Kier alpha value is -2.62. The van der Waals surface area contributed by atoms with Crippen LogP contribution in [0.15, 0.2) is 54.6 Å². The fourth-order valence-electron chi connectivity index (χ4n) is 3.61. The first kappa shape index (κ1) is 15.3. The Morgan fingerprint density at radius 3 is 2.09 bits per heavy atom. The molecule has 0 saturated heterocycles. The molecular weight excluding hydrogens is 292 g/mol. The molecule has 0 N–H and O–H groups in total. The highest BCUT2D eigenvalue weighted by Crippen LogP contribution is 2.50. The summed E-state index contributed by atoms with van der Waals surface area (Å²) in [6, 6.07) is 17.1. The molecule has 4 heteroatoms. The van der Waals surface area contributed by atoms with Crippen molar-refractivity contribution in [1.29, 1.82) is 0 Å². The van der Waals surface area contributed by atoms with Crippen molar-refractivity contribution < 1.29 is 19.1 Å². The van der Waals surface area contributed by atoms with Crippen LogP contribution >= 0.6 is 0 Å². The van der Waals surface area contributed by atoms with E-state index >= 15 is 0 Å². The van der Waals surface area contributed by atoms with Crippen LogP contribution in [-0.2, 0) is 30.9 Å². The fraction of sp³-hybridized carbons (Fsp3) is 0.263. The predicted molar refractivity (Wildman–Crippen MR) is 85.0 cm³/mol. The average Bonchev–Trinajstić information content (AvgIpc) is 2.97. The minimum atomic E-state index is -1.46. The highest BCUT2D eigenvalue weighted by atomic mass is 16.5. The molecule has 0 bridgehead atoms. The molecule has 0 aliphatic heterocycles. The van der Waals surface area contributed by atoms with Gasteiger partial charge in [-0.25, -0.2) is 0 Å². The van der Waals surface area contributed by atoms with E-state index in [0.29, 0.717) is 12.0 Å². The third-order valence-electron chi connectivity index (χ3n) is 4.61. The van der Waals surface area contributed by atoms with Gasteiger partial charge in [-0.15, -0.1) is 0 Å². The lowest BCUT2D eigenvalue weighted by molar-refractivity contribution is -0.163. The molecule has 3 rings (SSSR count). The van der Waals surface area contributed by atoms with Crippen LogP contribution in [0.5, 0.6) is 0 Å². The van der Waals surface area contributed by atoms with Gasteiger partial charge in [0.05, 0.1) is 14.2 Å². The summed E-state index contributed by atoms with van der Waals surface area (Å²) in [4.78, 5) is 25.5. The van der Waals surface area contributed by atoms with Gasteiger partial charge in [0.15, 0.2) is 5.41 Å². The van der Waals surface area contributed by atoms with Crippen molar-refractivity contribution >= 4 is 11.9 Å². The number of hydrogen-bond acceptors (Lipinski definition) is 4. The molecule has 1 unspecified atom stereocenters. The van der Waals surface area contributed by atoms with Gasteiger partial charge >= 0.3 is 11.9 Å². The van der Waals surface area contributed by atoms with E-state index in [2.05, 4.69) is 0 Å². The maximum absolute atomic E-state index is 12.8. The molecule has 0 saturated carbocycles. The number of rotatable bonds is 3. The summed E-state index contributed by atoms with van der Waals surface area (Å²) in [5.41, 5.74) is 1.10. The summed E-state index contributed by atoms with van der Waals surface area (Å²) < 4.78 is 10.1. The van der Waals surface area contributed by atoms with Gasteiger partial charge in [0.2, 0.25) is 0 Å². The number of carbonyl (C=O) groups is 2. The Morgan fingerprint density at radius 1 is 0.913 bits per heavy atom. The fourth-order valence-corrected chi connectivity index (χ4v) is 3.61. The highest BCUT2D eigenvalue weighted by molar-refractivity contribution is 6.08. The zero-order valence-corrected chi connectivity index (χ0v) is 13.1. The summed E-state index contributed by atoms with van der Waals surface area (Å²) in [6.07, 6.45) is 0.588. The van der Waals surface area contributed by atoms with Gasteiger partial charge in [-0.2, -0.15) is 0 Å². The second kappa shape index (κ2) is 5.88. The van der Waals surface area contributed by atoms with Crippen molar-refractivity contribution in [2.24, 2.45) is 0 Å². The largest absolute Gasteiger partial charge is 0.468 e. The molecule has 0 radical (unpaired) electrons. The molecule has 0 aromatic heterocycles. The Labute approximate surface area is 135 Å². The average molecular weight is 310 g/mol. The minimum absolute atomic E-state index is 0.346. The van der Waals surface area contributed by atoms with Crippen LogP contribution < -0.4 is 0 Å². The number of fused-ring (bicyclic) bond motifs is 1. The van der Waals surface area contributed by atoms with Crippen LogP contribution in [0.1, 0.15) is 22.6 Å². The van der Waals surface area contributed by atoms with Crippen molar-refractivity contribution in [2.75, 3.05) is 14.2 Å². The summed E-state index contributed by atoms with van der Waals surface area (Å²) >= 11 is 0. The minimum Gasteiger partial charge on any atom is -0.468 e. The van der Waals surface area contributed by atoms with Crippen LogP contribution in [0.3, 0.4) is 0 Å². The van der Waals surface area contributed by atoms with E-state index in [1.54, 1.807) is 0 Å². The van der Waals surface area contributed by atoms with E-state index < -0.39 is 17.4 Å². The lowest BCUT2D eigenvalue weighted by Gasteiger charge is -2.31. The van der Waals surface area contributed by atoms with Gasteiger partial charge in [0.25, 0.3) is 0 Å². The topological polar surface area (TPSA) is 52.6 Å².